The van der Waals surface area contributed by atoms with Gasteiger partial charge in [-0.05, 0) is 50.9 Å². The molecule has 164 valence electrons. The van der Waals surface area contributed by atoms with Crippen molar-refractivity contribution in [2.75, 3.05) is 72.2 Å². The van der Waals surface area contributed by atoms with Gasteiger partial charge in [0.1, 0.15) is 0 Å². The van der Waals surface area contributed by atoms with Crippen LogP contribution in [0.2, 0.25) is 0 Å². The average molecular weight is 532 g/mol. The number of aliphatic imine (C=N–C) groups is 1. The van der Waals surface area contributed by atoms with Crippen molar-refractivity contribution in [3.8, 4) is 0 Å². The van der Waals surface area contributed by atoms with Crippen molar-refractivity contribution in [1.82, 2.24) is 20.0 Å². The van der Waals surface area contributed by atoms with Gasteiger partial charge in [-0.1, -0.05) is 18.2 Å². The van der Waals surface area contributed by atoms with Crippen molar-refractivity contribution >= 4 is 41.7 Å². The number of halogens is 1. The molecule has 2 fully saturated rings. The lowest BCUT2D eigenvalue weighted by atomic mass is 10.2. The van der Waals surface area contributed by atoms with E-state index in [1.165, 1.54) is 62.6 Å². The lowest BCUT2D eigenvalue weighted by Gasteiger charge is -2.32. The Bertz CT molecular complexity index is 592. The third-order valence-corrected chi connectivity index (χ3v) is 7.05. The molecule has 2 aliphatic rings. The van der Waals surface area contributed by atoms with Crippen molar-refractivity contribution < 1.29 is 0 Å². The standard InChI is InChI=1S/C22H37N5S.HI/c1-23-22(24-11-6-7-12-26-16-14-25(2)15-17-26)27-13-10-20(18-27)19-28-21-8-4-3-5-9-21;/h3-5,8-9,20H,6-7,10-19H2,1-2H3,(H,23,24);1H. The Kier molecular flexibility index (Phi) is 11.7. The number of likely N-dealkylation sites (N-methyl/N-ethyl adjacent to an activating group) is 1. The van der Waals surface area contributed by atoms with E-state index in [2.05, 4.69) is 62.4 Å². The predicted octanol–water partition coefficient (Wildman–Crippen LogP) is 3.32. The van der Waals surface area contributed by atoms with E-state index in [4.69, 9.17) is 0 Å². The van der Waals surface area contributed by atoms with E-state index in [-0.39, 0.29) is 24.0 Å². The maximum absolute atomic E-state index is 4.53. The number of nitrogens with one attached hydrogen (secondary N) is 1. The zero-order chi connectivity index (χ0) is 19.6. The van der Waals surface area contributed by atoms with Crippen molar-refractivity contribution in [2.45, 2.75) is 24.2 Å². The Hall–Kier alpha value is -0.510. The van der Waals surface area contributed by atoms with Crippen molar-refractivity contribution in [1.29, 1.82) is 0 Å². The number of benzene rings is 1. The molecule has 0 spiro atoms. The molecular weight excluding hydrogens is 493 g/mol. The second kappa shape index (κ2) is 13.7. The van der Waals surface area contributed by atoms with Crippen LogP contribution in [-0.4, -0.2) is 92.9 Å². The third-order valence-electron chi connectivity index (χ3n) is 5.81. The topological polar surface area (TPSA) is 34.1 Å². The van der Waals surface area contributed by atoms with E-state index in [0.717, 1.165) is 31.5 Å². The molecule has 1 aromatic carbocycles. The van der Waals surface area contributed by atoms with Crippen LogP contribution in [0.5, 0.6) is 0 Å². The fourth-order valence-corrected chi connectivity index (χ4v) is 5.01. The van der Waals surface area contributed by atoms with Gasteiger partial charge in [0.05, 0.1) is 0 Å². The number of unbranched alkanes of at least 4 members (excludes halogenated alkanes) is 1. The normalized spacial score (nSPS) is 21.2. The highest BCUT2D eigenvalue weighted by Gasteiger charge is 2.24. The zero-order valence-corrected chi connectivity index (χ0v) is 21.2. The van der Waals surface area contributed by atoms with Crippen LogP contribution in [0.1, 0.15) is 19.3 Å². The van der Waals surface area contributed by atoms with Gasteiger partial charge in [-0.15, -0.1) is 35.7 Å². The first-order chi connectivity index (χ1) is 13.7. The molecule has 0 amide bonds. The summed E-state index contributed by atoms with van der Waals surface area (Å²) in [5.41, 5.74) is 0. The summed E-state index contributed by atoms with van der Waals surface area (Å²) >= 11 is 1.98. The highest BCUT2D eigenvalue weighted by Crippen LogP contribution is 2.25. The van der Waals surface area contributed by atoms with Gasteiger partial charge in [-0.3, -0.25) is 4.99 Å². The van der Waals surface area contributed by atoms with Gasteiger partial charge in [0.2, 0.25) is 0 Å². The number of rotatable bonds is 8. The molecule has 2 heterocycles. The molecule has 0 aliphatic carbocycles. The Morgan fingerprint density at radius 3 is 2.59 bits per heavy atom. The van der Waals surface area contributed by atoms with Crippen LogP contribution in [0.25, 0.3) is 0 Å². The lowest BCUT2D eigenvalue weighted by molar-refractivity contribution is 0.152. The quantitative estimate of drug-likeness (QED) is 0.183. The first-order valence-electron chi connectivity index (χ1n) is 10.8. The van der Waals surface area contributed by atoms with Gasteiger partial charge in [-0.25, -0.2) is 0 Å². The summed E-state index contributed by atoms with van der Waals surface area (Å²) in [5, 5.41) is 3.59. The zero-order valence-electron chi connectivity index (χ0n) is 18.1. The van der Waals surface area contributed by atoms with Crippen LogP contribution < -0.4 is 5.32 Å². The number of thioether (sulfide) groups is 1. The minimum absolute atomic E-state index is 0. The third kappa shape index (κ3) is 8.63. The molecular formula is C22H38IN5S. The Balaban J connectivity index is 0.00000300. The van der Waals surface area contributed by atoms with E-state index in [9.17, 15) is 0 Å². The maximum atomic E-state index is 4.53. The number of piperazine rings is 1. The van der Waals surface area contributed by atoms with Crippen molar-refractivity contribution in [3.05, 3.63) is 30.3 Å². The van der Waals surface area contributed by atoms with Gasteiger partial charge in [-0.2, -0.15) is 0 Å². The maximum Gasteiger partial charge on any atom is 0.193 e. The SMILES string of the molecule is CN=C(NCCCCN1CCN(C)CC1)N1CCC(CSc2ccccc2)C1.I. The Morgan fingerprint density at radius 2 is 1.86 bits per heavy atom. The van der Waals surface area contributed by atoms with Crippen molar-refractivity contribution in [2.24, 2.45) is 10.9 Å². The van der Waals surface area contributed by atoms with Crippen LogP contribution in [0.3, 0.4) is 0 Å². The van der Waals surface area contributed by atoms with E-state index < -0.39 is 0 Å². The monoisotopic (exact) mass is 531 g/mol. The minimum Gasteiger partial charge on any atom is -0.356 e. The molecule has 2 saturated heterocycles. The number of guanidine groups is 1. The van der Waals surface area contributed by atoms with Crippen LogP contribution in [0, 0.1) is 5.92 Å². The molecule has 0 aromatic heterocycles. The molecule has 1 atom stereocenters. The van der Waals surface area contributed by atoms with E-state index in [1.54, 1.807) is 0 Å². The minimum atomic E-state index is 0. The van der Waals surface area contributed by atoms with Gasteiger partial charge < -0.3 is 20.0 Å². The molecule has 0 bridgehead atoms. The molecule has 0 saturated carbocycles. The fourth-order valence-electron chi connectivity index (χ4n) is 3.96. The summed E-state index contributed by atoms with van der Waals surface area (Å²) in [6.45, 7) is 9.38. The number of likely N-dealkylation sites (tertiary alicyclic amines) is 1. The highest BCUT2D eigenvalue weighted by atomic mass is 127. The molecule has 1 unspecified atom stereocenters. The summed E-state index contributed by atoms with van der Waals surface area (Å²) < 4.78 is 0. The molecule has 29 heavy (non-hydrogen) atoms. The summed E-state index contributed by atoms with van der Waals surface area (Å²) in [7, 11) is 4.13. The number of hydrogen-bond donors (Lipinski definition) is 1. The predicted molar refractivity (Wildman–Crippen MR) is 137 cm³/mol. The molecule has 1 N–H and O–H groups in total. The van der Waals surface area contributed by atoms with Gasteiger partial charge in [0.25, 0.3) is 0 Å². The summed E-state index contributed by atoms with van der Waals surface area (Å²) in [6.07, 6.45) is 3.75. The molecule has 3 rings (SSSR count). The van der Waals surface area contributed by atoms with Crippen LogP contribution in [0.15, 0.2) is 40.2 Å². The summed E-state index contributed by atoms with van der Waals surface area (Å²) in [5.74, 6) is 3.04. The summed E-state index contributed by atoms with van der Waals surface area (Å²) in [6, 6.07) is 10.7. The first-order valence-corrected chi connectivity index (χ1v) is 11.8. The lowest BCUT2D eigenvalue weighted by Crippen LogP contribution is -2.44. The summed E-state index contributed by atoms with van der Waals surface area (Å²) in [4.78, 5) is 13.4. The second-order valence-electron chi connectivity index (χ2n) is 8.05. The Morgan fingerprint density at radius 1 is 1.10 bits per heavy atom. The van der Waals surface area contributed by atoms with E-state index >= 15 is 0 Å². The van der Waals surface area contributed by atoms with E-state index in [0.29, 0.717) is 0 Å². The Labute approximate surface area is 198 Å². The average Bonchev–Trinajstić information content (AvgIpc) is 3.20. The van der Waals surface area contributed by atoms with Crippen LogP contribution >= 0.6 is 35.7 Å². The molecule has 1 aromatic rings. The van der Waals surface area contributed by atoms with Gasteiger partial charge in [0, 0.05) is 63.5 Å². The van der Waals surface area contributed by atoms with Crippen LogP contribution in [-0.2, 0) is 0 Å². The number of nitrogens with zero attached hydrogens (tertiary/aromatic N) is 4. The van der Waals surface area contributed by atoms with Crippen LogP contribution in [0.4, 0.5) is 0 Å². The van der Waals surface area contributed by atoms with Gasteiger partial charge >= 0.3 is 0 Å². The molecule has 7 heteroatoms. The first kappa shape index (κ1) is 24.8. The second-order valence-corrected chi connectivity index (χ2v) is 9.14. The van der Waals surface area contributed by atoms with Crippen molar-refractivity contribution in [3.63, 3.8) is 0 Å². The molecule has 0 radical (unpaired) electrons. The smallest absolute Gasteiger partial charge is 0.193 e. The fraction of sp³-hybridized carbons (Fsp3) is 0.682. The molecule has 2 aliphatic heterocycles. The highest BCUT2D eigenvalue weighted by molar-refractivity contribution is 14.0. The van der Waals surface area contributed by atoms with E-state index in [1.807, 2.05) is 18.8 Å². The molecule has 5 nitrogen and oxygen atoms in total. The van der Waals surface area contributed by atoms with Gasteiger partial charge in [0.15, 0.2) is 5.96 Å². The number of hydrogen-bond acceptors (Lipinski definition) is 4. The largest absolute Gasteiger partial charge is 0.356 e.